The fourth-order valence-corrected chi connectivity index (χ4v) is 3.23. The molecule has 0 radical (unpaired) electrons. The lowest BCUT2D eigenvalue weighted by atomic mass is 10.1. The van der Waals surface area contributed by atoms with Crippen molar-refractivity contribution in [1.82, 2.24) is 0 Å². The number of benzene rings is 2. The molecule has 0 saturated carbocycles. The number of carbonyl (C=O) groups is 4. The van der Waals surface area contributed by atoms with E-state index in [0.29, 0.717) is 16.9 Å². The van der Waals surface area contributed by atoms with Gasteiger partial charge in [0.25, 0.3) is 5.91 Å². The zero-order chi connectivity index (χ0) is 24.9. The molecule has 1 aliphatic rings. The van der Waals surface area contributed by atoms with Gasteiger partial charge in [0.05, 0.1) is 18.5 Å². The number of carboxylic acid groups (broad SMARTS) is 2. The Morgan fingerprint density at radius 1 is 1.03 bits per heavy atom. The predicted molar refractivity (Wildman–Crippen MR) is 112 cm³/mol. The molecule has 0 bridgehead atoms. The molecule has 1 saturated heterocycles. The van der Waals surface area contributed by atoms with E-state index in [2.05, 4.69) is 5.32 Å². The van der Waals surface area contributed by atoms with Crippen LogP contribution in [0.1, 0.15) is 23.1 Å². The quantitative estimate of drug-likeness (QED) is 0.578. The zero-order valence-electron chi connectivity index (χ0n) is 17.6. The summed E-state index contributed by atoms with van der Waals surface area (Å²) < 4.78 is 31.7. The SMILES string of the molecule is Cc1cccc(C)c1N1C(=O)CC(Nc2ccc(CC(=O)O)cc2)C1=O.O=C(O)C(F)(F)F. The molecular weight excluding hydrogens is 445 g/mol. The Morgan fingerprint density at radius 2 is 1.55 bits per heavy atom. The average Bonchev–Trinajstić information content (AvgIpc) is 2.96. The monoisotopic (exact) mass is 466 g/mol. The third-order valence-electron chi connectivity index (χ3n) is 4.70. The molecule has 0 aromatic heterocycles. The standard InChI is InChI=1S/C20H20N2O4.C2HF3O2/c1-12-4-3-5-13(2)19(12)22-17(23)11-16(20(22)26)21-15-8-6-14(7-9-15)10-18(24)25;3-2(4,5)1(6)7/h3-9,16,21H,10-11H2,1-2H3,(H,24,25);(H,6,7). The average molecular weight is 466 g/mol. The number of anilines is 2. The first-order valence-electron chi connectivity index (χ1n) is 9.61. The van der Waals surface area contributed by atoms with Crippen LogP contribution in [0.5, 0.6) is 0 Å². The lowest BCUT2D eigenvalue weighted by Gasteiger charge is -2.20. The second-order valence-corrected chi connectivity index (χ2v) is 7.28. The summed E-state index contributed by atoms with van der Waals surface area (Å²) in [5.41, 5.74) is 3.77. The van der Waals surface area contributed by atoms with Crippen molar-refractivity contribution >= 4 is 35.1 Å². The number of para-hydroxylation sites is 1. The van der Waals surface area contributed by atoms with Crippen LogP contribution in [0.4, 0.5) is 24.5 Å². The molecule has 0 aliphatic carbocycles. The number of carboxylic acids is 2. The summed E-state index contributed by atoms with van der Waals surface area (Å²) >= 11 is 0. The van der Waals surface area contributed by atoms with Crippen molar-refractivity contribution in [1.29, 1.82) is 0 Å². The number of imide groups is 1. The molecule has 1 fully saturated rings. The summed E-state index contributed by atoms with van der Waals surface area (Å²) in [7, 11) is 0. The Labute approximate surface area is 186 Å². The van der Waals surface area contributed by atoms with E-state index in [9.17, 15) is 27.6 Å². The number of rotatable bonds is 5. The summed E-state index contributed by atoms with van der Waals surface area (Å²) in [6.07, 6.45) is -5.05. The number of halogens is 3. The minimum atomic E-state index is -5.08. The Hall–Kier alpha value is -3.89. The fourth-order valence-electron chi connectivity index (χ4n) is 3.23. The van der Waals surface area contributed by atoms with Crippen molar-refractivity contribution in [2.75, 3.05) is 10.2 Å². The summed E-state index contributed by atoms with van der Waals surface area (Å²) in [6, 6.07) is 11.9. The number of carbonyl (C=O) groups excluding carboxylic acids is 2. The molecule has 176 valence electrons. The third kappa shape index (κ3) is 6.55. The number of amides is 2. The third-order valence-corrected chi connectivity index (χ3v) is 4.70. The molecule has 8 nitrogen and oxygen atoms in total. The minimum Gasteiger partial charge on any atom is -0.481 e. The Bertz CT molecular complexity index is 1050. The van der Waals surface area contributed by atoms with Crippen molar-refractivity contribution in [3.8, 4) is 0 Å². The van der Waals surface area contributed by atoms with E-state index < -0.39 is 24.2 Å². The lowest BCUT2D eigenvalue weighted by molar-refractivity contribution is -0.192. The van der Waals surface area contributed by atoms with Crippen molar-refractivity contribution in [2.45, 2.75) is 38.9 Å². The first-order valence-corrected chi connectivity index (χ1v) is 9.61. The lowest BCUT2D eigenvalue weighted by Crippen LogP contribution is -2.35. The predicted octanol–water partition coefficient (Wildman–Crippen LogP) is 3.31. The van der Waals surface area contributed by atoms with Gasteiger partial charge in [0.1, 0.15) is 6.04 Å². The van der Waals surface area contributed by atoms with E-state index in [1.807, 2.05) is 32.0 Å². The maximum Gasteiger partial charge on any atom is 0.490 e. The molecule has 2 aromatic carbocycles. The largest absolute Gasteiger partial charge is 0.490 e. The van der Waals surface area contributed by atoms with Crippen LogP contribution in [0.3, 0.4) is 0 Å². The number of aryl methyl sites for hydroxylation is 2. The highest BCUT2D eigenvalue weighted by atomic mass is 19.4. The summed E-state index contributed by atoms with van der Waals surface area (Å²) in [5, 5.41) is 19.0. The molecule has 2 aromatic rings. The molecule has 1 aliphatic heterocycles. The van der Waals surface area contributed by atoms with Crippen molar-refractivity contribution in [3.63, 3.8) is 0 Å². The van der Waals surface area contributed by atoms with Gasteiger partial charge < -0.3 is 15.5 Å². The molecule has 2 amide bonds. The van der Waals surface area contributed by atoms with Crippen LogP contribution >= 0.6 is 0 Å². The molecule has 11 heteroatoms. The highest BCUT2D eigenvalue weighted by Crippen LogP contribution is 2.30. The van der Waals surface area contributed by atoms with Crippen LogP contribution < -0.4 is 10.2 Å². The first-order chi connectivity index (χ1) is 15.3. The number of nitrogens with one attached hydrogen (secondary N) is 1. The van der Waals surface area contributed by atoms with Crippen LogP contribution in [0.2, 0.25) is 0 Å². The molecule has 3 rings (SSSR count). The smallest absolute Gasteiger partial charge is 0.481 e. The molecule has 1 heterocycles. The van der Waals surface area contributed by atoms with E-state index in [4.69, 9.17) is 15.0 Å². The van der Waals surface area contributed by atoms with Gasteiger partial charge in [-0.2, -0.15) is 13.2 Å². The minimum absolute atomic E-state index is 0.0541. The first kappa shape index (κ1) is 25.4. The van der Waals surface area contributed by atoms with E-state index in [0.717, 1.165) is 11.1 Å². The maximum atomic E-state index is 12.8. The van der Waals surface area contributed by atoms with Gasteiger partial charge in [-0.3, -0.25) is 14.4 Å². The van der Waals surface area contributed by atoms with Crippen molar-refractivity contribution in [3.05, 3.63) is 59.2 Å². The van der Waals surface area contributed by atoms with Gasteiger partial charge in [-0.05, 0) is 42.7 Å². The van der Waals surface area contributed by atoms with E-state index in [1.165, 1.54) is 4.90 Å². The van der Waals surface area contributed by atoms with Gasteiger partial charge in [0.2, 0.25) is 5.91 Å². The van der Waals surface area contributed by atoms with Crippen LogP contribution in [-0.2, 0) is 25.6 Å². The van der Waals surface area contributed by atoms with Crippen LogP contribution in [0.15, 0.2) is 42.5 Å². The number of aliphatic carboxylic acids is 2. The summed E-state index contributed by atoms with van der Waals surface area (Å²) in [6.45, 7) is 3.76. The van der Waals surface area contributed by atoms with E-state index in [-0.39, 0.29) is 24.7 Å². The van der Waals surface area contributed by atoms with Gasteiger partial charge >= 0.3 is 18.1 Å². The number of alkyl halides is 3. The Kier molecular flexibility index (Phi) is 7.81. The molecule has 3 N–H and O–H groups in total. The van der Waals surface area contributed by atoms with Crippen molar-refractivity contribution in [2.24, 2.45) is 0 Å². The van der Waals surface area contributed by atoms with Crippen LogP contribution in [0.25, 0.3) is 0 Å². The Balaban J connectivity index is 0.000000479. The van der Waals surface area contributed by atoms with Gasteiger partial charge in [0, 0.05) is 5.69 Å². The number of nitrogens with zero attached hydrogens (tertiary/aromatic N) is 1. The van der Waals surface area contributed by atoms with Crippen LogP contribution in [-0.4, -0.2) is 46.2 Å². The molecule has 33 heavy (non-hydrogen) atoms. The second kappa shape index (κ2) is 10.2. The molecule has 1 atom stereocenters. The van der Waals surface area contributed by atoms with Gasteiger partial charge in [-0.25, -0.2) is 9.69 Å². The summed E-state index contributed by atoms with van der Waals surface area (Å²) in [4.78, 5) is 46.2. The molecular formula is C22H21F3N2O6. The zero-order valence-corrected chi connectivity index (χ0v) is 17.6. The van der Waals surface area contributed by atoms with Gasteiger partial charge in [-0.15, -0.1) is 0 Å². The number of hydrogen-bond donors (Lipinski definition) is 3. The summed E-state index contributed by atoms with van der Waals surface area (Å²) in [5.74, 6) is -4.16. The topological polar surface area (TPSA) is 124 Å². The second-order valence-electron chi connectivity index (χ2n) is 7.28. The maximum absolute atomic E-state index is 12.8. The van der Waals surface area contributed by atoms with Gasteiger partial charge in [0.15, 0.2) is 0 Å². The van der Waals surface area contributed by atoms with Gasteiger partial charge in [-0.1, -0.05) is 30.3 Å². The Morgan fingerprint density at radius 3 is 2.00 bits per heavy atom. The molecule has 0 spiro atoms. The molecule has 1 unspecified atom stereocenters. The van der Waals surface area contributed by atoms with Crippen LogP contribution in [0, 0.1) is 13.8 Å². The highest BCUT2D eigenvalue weighted by molar-refractivity contribution is 6.23. The highest BCUT2D eigenvalue weighted by Gasteiger charge is 2.40. The number of hydrogen-bond acceptors (Lipinski definition) is 5. The van der Waals surface area contributed by atoms with E-state index >= 15 is 0 Å². The fraction of sp³-hybridized carbons (Fsp3) is 0.273. The van der Waals surface area contributed by atoms with E-state index in [1.54, 1.807) is 24.3 Å². The van der Waals surface area contributed by atoms with Crippen molar-refractivity contribution < 1.29 is 42.6 Å². The normalized spacial score (nSPS) is 15.7.